The molecule has 20 heavy (non-hydrogen) atoms. The average Bonchev–Trinajstić information content (AvgIpc) is 2.41. The Morgan fingerprint density at radius 3 is 2.40 bits per heavy atom. The number of benzene rings is 1. The predicted molar refractivity (Wildman–Crippen MR) is 69.3 cm³/mol. The van der Waals surface area contributed by atoms with Crippen LogP contribution in [0.3, 0.4) is 0 Å². The third-order valence-corrected chi connectivity index (χ3v) is 3.55. The molecular formula is C14H16F4N2. The van der Waals surface area contributed by atoms with Crippen LogP contribution in [0.4, 0.5) is 23.2 Å². The van der Waals surface area contributed by atoms with Crippen molar-refractivity contribution in [2.45, 2.75) is 38.3 Å². The van der Waals surface area contributed by atoms with Crippen molar-refractivity contribution >= 4 is 11.5 Å². The first kappa shape index (κ1) is 14.8. The molecule has 0 aromatic heterocycles. The van der Waals surface area contributed by atoms with Crippen LogP contribution in [0.5, 0.6) is 0 Å². The zero-order valence-corrected chi connectivity index (χ0v) is 10.9. The van der Waals surface area contributed by atoms with Gasteiger partial charge in [0.25, 0.3) is 0 Å². The zero-order chi connectivity index (χ0) is 14.8. The van der Waals surface area contributed by atoms with Crippen molar-refractivity contribution in [1.29, 1.82) is 0 Å². The topological polar surface area (TPSA) is 38.4 Å². The van der Waals surface area contributed by atoms with Crippen LogP contribution in [-0.2, 0) is 6.18 Å². The number of hydrogen-bond acceptors (Lipinski definition) is 1. The summed E-state index contributed by atoms with van der Waals surface area (Å²) in [5.74, 6) is -0.530. The number of amidine groups is 1. The summed E-state index contributed by atoms with van der Waals surface area (Å²) in [5.41, 5.74) is 4.54. The lowest BCUT2D eigenvalue weighted by atomic mass is 9.88. The van der Waals surface area contributed by atoms with Crippen LogP contribution in [0.25, 0.3) is 0 Å². The molecule has 0 atom stereocenters. The number of nitrogens with zero attached hydrogens (tertiary/aromatic N) is 1. The van der Waals surface area contributed by atoms with E-state index in [2.05, 4.69) is 4.99 Å². The Morgan fingerprint density at radius 1 is 1.15 bits per heavy atom. The van der Waals surface area contributed by atoms with E-state index in [1.807, 2.05) is 0 Å². The molecule has 0 amide bonds. The monoisotopic (exact) mass is 288 g/mol. The number of halogens is 4. The zero-order valence-electron chi connectivity index (χ0n) is 10.9. The van der Waals surface area contributed by atoms with Gasteiger partial charge in [-0.3, -0.25) is 0 Å². The average molecular weight is 288 g/mol. The van der Waals surface area contributed by atoms with Gasteiger partial charge in [-0.2, -0.15) is 13.2 Å². The molecule has 110 valence electrons. The molecule has 0 saturated heterocycles. The van der Waals surface area contributed by atoms with E-state index in [0.29, 0.717) is 12.1 Å². The second kappa shape index (κ2) is 5.81. The maximum atomic E-state index is 13.6. The molecule has 2 N–H and O–H groups in total. The predicted octanol–water partition coefficient (Wildman–Crippen LogP) is 4.41. The summed E-state index contributed by atoms with van der Waals surface area (Å²) >= 11 is 0. The van der Waals surface area contributed by atoms with E-state index in [1.54, 1.807) is 0 Å². The Labute approximate surface area is 114 Å². The quantitative estimate of drug-likeness (QED) is 0.488. The summed E-state index contributed by atoms with van der Waals surface area (Å²) in [6.07, 6.45) is 0.364. The molecular weight excluding hydrogens is 272 g/mol. The van der Waals surface area contributed by atoms with Gasteiger partial charge in [-0.05, 0) is 31.0 Å². The number of alkyl halides is 3. The van der Waals surface area contributed by atoms with Gasteiger partial charge in [0.15, 0.2) is 0 Å². The molecule has 1 saturated carbocycles. The fourth-order valence-corrected chi connectivity index (χ4v) is 2.40. The van der Waals surface area contributed by atoms with Crippen LogP contribution in [0.1, 0.15) is 37.7 Å². The summed E-state index contributed by atoms with van der Waals surface area (Å²) in [7, 11) is 0. The lowest BCUT2D eigenvalue weighted by Crippen LogP contribution is -2.25. The highest BCUT2D eigenvalue weighted by molar-refractivity contribution is 5.85. The fourth-order valence-electron chi connectivity index (χ4n) is 2.40. The molecule has 0 spiro atoms. The van der Waals surface area contributed by atoms with Gasteiger partial charge in [0.05, 0.1) is 5.56 Å². The minimum atomic E-state index is -4.52. The first-order valence-corrected chi connectivity index (χ1v) is 6.59. The molecule has 6 heteroatoms. The van der Waals surface area contributed by atoms with E-state index < -0.39 is 17.6 Å². The molecule has 1 fully saturated rings. The highest BCUT2D eigenvalue weighted by atomic mass is 19.4. The van der Waals surface area contributed by atoms with Gasteiger partial charge < -0.3 is 5.73 Å². The SMILES string of the molecule is NC(=Nc1cc(C(F)(F)F)ccc1F)C1CCCCC1. The van der Waals surface area contributed by atoms with E-state index in [-0.39, 0.29) is 17.4 Å². The number of aliphatic imine (C=N–C) groups is 1. The van der Waals surface area contributed by atoms with Gasteiger partial charge in [-0.15, -0.1) is 0 Å². The Balaban J connectivity index is 2.27. The highest BCUT2D eigenvalue weighted by Crippen LogP contribution is 2.33. The van der Waals surface area contributed by atoms with E-state index in [4.69, 9.17) is 5.73 Å². The second-order valence-corrected chi connectivity index (χ2v) is 5.04. The lowest BCUT2D eigenvalue weighted by Gasteiger charge is -2.21. The summed E-state index contributed by atoms with van der Waals surface area (Å²) in [6.45, 7) is 0. The molecule has 1 aliphatic rings. The molecule has 0 bridgehead atoms. The van der Waals surface area contributed by atoms with Crippen LogP contribution >= 0.6 is 0 Å². The maximum Gasteiger partial charge on any atom is 0.416 e. The minimum Gasteiger partial charge on any atom is -0.387 e. The standard InChI is InChI=1S/C14H16F4N2/c15-11-7-6-10(14(16,17)18)8-12(11)20-13(19)9-4-2-1-3-5-9/h6-9H,1-5H2,(H2,19,20). The Bertz CT molecular complexity index is 502. The van der Waals surface area contributed by atoms with Crippen molar-refractivity contribution in [1.82, 2.24) is 0 Å². The van der Waals surface area contributed by atoms with Gasteiger partial charge in [0.2, 0.25) is 0 Å². The van der Waals surface area contributed by atoms with E-state index in [0.717, 1.165) is 38.2 Å². The molecule has 0 heterocycles. The first-order chi connectivity index (χ1) is 9.38. The van der Waals surface area contributed by atoms with Crippen molar-refractivity contribution in [2.24, 2.45) is 16.6 Å². The summed E-state index contributed by atoms with van der Waals surface area (Å²) in [6, 6.07) is 2.17. The number of hydrogen-bond donors (Lipinski definition) is 1. The van der Waals surface area contributed by atoms with Crippen LogP contribution in [0, 0.1) is 11.7 Å². The molecule has 1 aromatic rings. The summed E-state index contributed by atoms with van der Waals surface area (Å²) in [5, 5.41) is 0. The van der Waals surface area contributed by atoms with Gasteiger partial charge in [0.1, 0.15) is 17.3 Å². The summed E-state index contributed by atoms with van der Waals surface area (Å²) in [4.78, 5) is 3.88. The van der Waals surface area contributed by atoms with Crippen LogP contribution < -0.4 is 5.73 Å². The highest BCUT2D eigenvalue weighted by Gasteiger charge is 2.31. The van der Waals surface area contributed by atoms with Crippen LogP contribution in [-0.4, -0.2) is 5.84 Å². The minimum absolute atomic E-state index is 0.0395. The maximum absolute atomic E-state index is 13.6. The smallest absolute Gasteiger partial charge is 0.387 e. The van der Waals surface area contributed by atoms with Gasteiger partial charge in [0, 0.05) is 5.92 Å². The van der Waals surface area contributed by atoms with Gasteiger partial charge >= 0.3 is 6.18 Å². The Kier molecular flexibility index (Phi) is 4.30. The van der Waals surface area contributed by atoms with Crippen molar-refractivity contribution in [3.63, 3.8) is 0 Å². The van der Waals surface area contributed by atoms with Crippen molar-refractivity contribution < 1.29 is 17.6 Å². The van der Waals surface area contributed by atoms with Gasteiger partial charge in [-0.1, -0.05) is 19.3 Å². The number of nitrogens with two attached hydrogens (primary N) is 1. The molecule has 2 rings (SSSR count). The molecule has 0 unspecified atom stereocenters. The Morgan fingerprint density at radius 2 is 1.80 bits per heavy atom. The molecule has 2 nitrogen and oxygen atoms in total. The number of rotatable bonds is 2. The van der Waals surface area contributed by atoms with Crippen molar-refractivity contribution in [3.05, 3.63) is 29.6 Å². The van der Waals surface area contributed by atoms with Crippen molar-refractivity contribution in [2.75, 3.05) is 0 Å². The molecule has 0 radical (unpaired) electrons. The Hall–Kier alpha value is -1.59. The largest absolute Gasteiger partial charge is 0.416 e. The fraction of sp³-hybridized carbons (Fsp3) is 0.500. The molecule has 1 aliphatic carbocycles. The first-order valence-electron chi connectivity index (χ1n) is 6.59. The van der Waals surface area contributed by atoms with Gasteiger partial charge in [-0.25, -0.2) is 9.38 Å². The third kappa shape index (κ3) is 3.49. The van der Waals surface area contributed by atoms with Crippen LogP contribution in [0.2, 0.25) is 0 Å². The van der Waals surface area contributed by atoms with E-state index in [1.165, 1.54) is 0 Å². The lowest BCUT2D eigenvalue weighted by molar-refractivity contribution is -0.137. The van der Waals surface area contributed by atoms with Crippen LogP contribution in [0.15, 0.2) is 23.2 Å². The van der Waals surface area contributed by atoms with E-state index in [9.17, 15) is 17.6 Å². The van der Waals surface area contributed by atoms with Crippen molar-refractivity contribution in [3.8, 4) is 0 Å². The van der Waals surface area contributed by atoms with E-state index >= 15 is 0 Å². The molecule has 0 aliphatic heterocycles. The second-order valence-electron chi connectivity index (χ2n) is 5.04. The summed E-state index contributed by atoms with van der Waals surface area (Å²) < 4.78 is 51.3. The normalized spacial score (nSPS) is 18.3. The molecule has 1 aromatic carbocycles. The third-order valence-electron chi connectivity index (χ3n) is 3.55.